The van der Waals surface area contributed by atoms with Crippen LogP contribution in [-0.4, -0.2) is 20.4 Å². The van der Waals surface area contributed by atoms with Crippen LogP contribution in [0.15, 0.2) is 48.5 Å². The van der Waals surface area contributed by atoms with E-state index in [0.717, 1.165) is 5.56 Å². The lowest BCUT2D eigenvalue weighted by molar-refractivity contribution is 0.0951. The molecule has 1 amide bonds. The molecule has 0 radical (unpaired) electrons. The van der Waals surface area contributed by atoms with E-state index in [1.54, 1.807) is 26.0 Å². The number of hydrogen-bond acceptors (Lipinski definition) is 3. The van der Waals surface area contributed by atoms with Crippen molar-refractivity contribution in [1.29, 1.82) is 0 Å². The van der Waals surface area contributed by atoms with Crippen LogP contribution in [0.4, 0.5) is 0 Å². The minimum Gasteiger partial charge on any atom is -0.348 e. The van der Waals surface area contributed by atoms with Crippen LogP contribution in [0.25, 0.3) is 0 Å². The van der Waals surface area contributed by atoms with Crippen molar-refractivity contribution >= 4 is 15.9 Å². The van der Waals surface area contributed by atoms with Gasteiger partial charge < -0.3 is 5.32 Å². The van der Waals surface area contributed by atoms with Crippen LogP contribution in [0.1, 0.15) is 61.7 Å². The molecule has 28 heavy (non-hydrogen) atoms. The molecule has 0 fully saturated rings. The van der Waals surface area contributed by atoms with Gasteiger partial charge in [-0.15, -0.1) is 0 Å². The quantitative estimate of drug-likeness (QED) is 0.741. The van der Waals surface area contributed by atoms with E-state index in [1.807, 2.05) is 36.4 Å². The summed E-state index contributed by atoms with van der Waals surface area (Å²) in [5.41, 5.74) is 3.48. The fourth-order valence-electron chi connectivity index (χ4n) is 2.78. The van der Waals surface area contributed by atoms with Crippen molar-refractivity contribution in [3.63, 3.8) is 0 Å². The summed E-state index contributed by atoms with van der Waals surface area (Å²) in [4.78, 5) is 12.3. The van der Waals surface area contributed by atoms with Crippen LogP contribution in [0.2, 0.25) is 0 Å². The minimum atomic E-state index is -3.34. The van der Waals surface area contributed by atoms with Gasteiger partial charge in [0.05, 0.1) is 5.75 Å². The van der Waals surface area contributed by atoms with Gasteiger partial charge in [0, 0.05) is 18.2 Å². The topological polar surface area (TPSA) is 75.3 Å². The maximum Gasteiger partial charge on any atom is 0.251 e. The van der Waals surface area contributed by atoms with Crippen molar-refractivity contribution in [3.05, 3.63) is 70.8 Å². The van der Waals surface area contributed by atoms with Crippen LogP contribution in [-0.2, 0) is 27.7 Å². The maximum absolute atomic E-state index is 12.3. The lowest BCUT2D eigenvalue weighted by atomic mass is 9.87. The molecule has 2 N–H and O–H groups in total. The number of benzene rings is 2. The summed E-state index contributed by atoms with van der Waals surface area (Å²) >= 11 is 0. The summed E-state index contributed by atoms with van der Waals surface area (Å²) < 4.78 is 26.5. The SMILES string of the molecule is CC(C)NS(=O)(=O)Cc1ccc(CNC(=O)c2ccc(C(C)(C)C)cc2)cc1. The van der Waals surface area contributed by atoms with Crippen molar-refractivity contribution in [3.8, 4) is 0 Å². The lowest BCUT2D eigenvalue weighted by Crippen LogP contribution is -2.31. The van der Waals surface area contributed by atoms with Gasteiger partial charge in [0.1, 0.15) is 0 Å². The van der Waals surface area contributed by atoms with E-state index in [9.17, 15) is 13.2 Å². The van der Waals surface area contributed by atoms with Crippen LogP contribution in [0, 0.1) is 0 Å². The Kier molecular flexibility index (Phi) is 7.01. The van der Waals surface area contributed by atoms with Crippen LogP contribution in [0.3, 0.4) is 0 Å². The first kappa shape index (κ1) is 22.1. The summed E-state index contributed by atoms with van der Waals surface area (Å²) in [6.45, 7) is 10.4. The molecule has 0 aliphatic carbocycles. The Bertz CT molecular complexity index is 894. The number of rotatable bonds is 7. The van der Waals surface area contributed by atoms with Gasteiger partial charge in [-0.3, -0.25) is 4.79 Å². The summed E-state index contributed by atoms with van der Waals surface area (Å²) in [7, 11) is -3.34. The van der Waals surface area contributed by atoms with Gasteiger partial charge in [-0.05, 0) is 48.1 Å². The van der Waals surface area contributed by atoms with Gasteiger partial charge in [-0.2, -0.15) is 0 Å². The highest BCUT2D eigenvalue weighted by Gasteiger charge is 2.15. The molecule has 2 rings (SSSR count). The second kappa shape index (κ2) is 8.88. The molecule has 152 valence electrons. The fourth-order valence-corrected chi connectivity index (χ4v) is 4.21. The van der Waals surface area contributed by atoms with Crippen molar-refractivity contribution < 1.29 is 13.2 Å². The van der Waals surface area contributed by atoms with Gasteiger partial charge in [0.2, 0.25) is 10.0 Å². The molecule has 0 spiro atoms. The third-order valence-corrected chi connectivity index (χ3v) is 5.80. The lowest BCUT2D eigenvalue weighted by Gasteiger charge is -2.19. The molecular formula is C22H30N2O3S. The molecular weight excluding hydrogens is 372 g/mol. The Labute approximate surface area is 168 Å². The van der Waals surface area contributed by atoms with Crippen molar-refractivity contribution in [1.82, 2.24) is 10.0 Å². The first-order valence-corrected chi connectivity index (χ1v) is 11.1. The second-order valence-electron chi connectivity index (χ2n) is 8.36. The van der Waals surface area contributed by atoms with E-state index >= 15 is 0 Å². The number of carbonyl (C=O) groups is 1. The highest BCUT2D eigenvalue weighted by molar-refractivity contribution is 7.88. The summed E-state index contributed by atoms with van der Waals surface area (Å²) in [5.74, 6) is -0.189. The third-order valence-electron chi connectivity index (χ3n) is 4.26. The molecule has 6 heteroatoms. The number of carbonyl (C=O) groups excluding carboxylic acids is 1. The van der Waals surface area contributed by atoms with E-state index in [4.69, 9.17) is 0 Å². The van der Waals surface area contributed by atoms with Gasteiger partial charge in [-0.25, -0.2) is 13.1 Å². The van der Waals surface area contributed by atoms with E-state index < -0.39 is 10.0 Å². The standard InChI is InChI=1S/C22H30N2O3S/c1-16(2)24-28(26,27)15-18-8-6-17(7-9-18)14-23-21(25)19-10-12-20(13-11-19)22(3,4)5/h6-13,16,24H,14-15H2,1-5H3,(H,23,25). The molecule has 0 atom stereocenters. The summed E-state index contributed by atoms with van der Waals surface area (Å²) in [6.07, 6.45) is 0. The summed E-state index contributed by atoms with van der Waals surface area (Å²) in [6, 6.07) is 14.7. The molecule has 0 unspecified atom stereocenters. The van der Waals surface area contributed by atoms with E-state index in [0.29, 0.717) is 17.7 Å². The minimum absolute atomic E-state index is 0.0505. The van der Waals surface area contributed by atoms with Gasteiger partial charge in [0.25, 0.3) is 5.91 Å². The average molecular weight is 403 g/mol. The molecule has 0 heterocycles. The highest BCUT2D eigenvalue weighted by Crippen LogP contribution is 2.22. The molecule has 0 saturated carbocycles. The molecule has 2 aromatic rings. The molecule has 2 aromatic carbocycles. The number of amides is 1. The molecule has 5 nitrogen and oxygen atoms in total. The third kappa shape index (κ3) is 6.77. The monoisotopic (exact) mass is 402 g/mol. The van der Waals surface area contributed by atoms with Crippen LogP contribution in [0.5, 0.6) is 0 Å². The van der Waals surface area contributed by atoms with Crippen molar-refractivity contribution in [2.45, 2.75) is 58.4 Å². The number of nitrogens with one attached hydrogen (secondary N) is 2. The first-order chi connectivity index (χ1) is 13.0. The predicted octanol–water partition coefficient (Wildman–Crippen LogP) is 3.74. The largest absolute Gasteiger partial charge is 0.348 e. The maximum atomic E-state index is 12.3. The molecule has 0 aliphatic rings. The Hall–Kier alpha value is -2.18. The zero-order valence-corrected chi connectivity index (χ0v) is 18.1. The summed E-state index contributed by atoms with van der Waals surface area (Å²) in [5, 5.41) is 2.90. The smallest absolute Gasteiger partial charge is 0.251 e. The second-order valence-corrected chi connectivity index (χ2v) is 10.1. The average Bonchev–Trinajstić information content (AvgIpc) is 2.58. The van der Waals surface area contributed by atoms with Crippen molar-refractivity contribution in [2.75, 3.05) is 0 Å². The zero-order chi connectivity index (χ0) is 20.9. The molecule has 0 aromatic heterocycles. The molecule has 0 saturated heterocycles. The Balaban J connectivity index is 1.93. The first-order valence-electron chi connectivity index (χ1n) is 9.43. The van der Waals surface area contributed by atoms with E-state index in [2.05, 4.69) is 30.8 Å². The Morgan fingerprint density at radius 1 is 0.929 bits per heavy atom. The Morgan fingerprint density at radius 2 is 1.46 bits per heavy atom. The van der Waals surface area contributed by atoms with Crippen LogP contribution < -0.4 is 10.0 Å². The van der Waals surface area contributed by atoms with Crippen molar-refractivity contribution in [2.24, 2.45) is 0 Å². The number of sulfonamides is 1. The van der Waals surface area contributed by atoms with Gasteiger partial charge in [0.15, 0.2) is 0 Å². The Morgan fingerprint density at radius 3 is 1.96 bits per heavy atom. The number of hydrogen-bond donors (Lipinski definition) is 2. The molecule has 0 aliphatic heterocycles. The zero-order valence-electron chi connectivity index (χ0n) is 17.2. The van der Waals surface area contributed by atoms with E-state index in [1.165, 1.54) is 5.56 Å². The van der Waals surface area contributed by atoms with Gasteiger partial charge >= 0.3 is 0 Å². The fraction of sp³-hybridized carbons (Fsp3) is 0.409. The normalized spacial score (nSPS) is 12.2. The van der Waals surface area contributed by atoms with E-state index in [-0.39, 0.29) is 23.1 Å². The van der Waals surface area contributed by atoms with Crippen LogP contribution >= 0.6 is 0 Å². The highest BCUT2D eigenvalue weighted by atomic mass is 32.2. The predicted molar refractivity (Wildman–Crippen MR) is 114 cm³/mol. The molecule has 0 bridgehead atoms. The van der Waals surface area contributed by atoms with Gasteiger partial charge in [-0.1, -0.05) is 57.2 Å².